The number of hydrogen-bond acceptors (Lipinski definition) is 1. The van der Waals surface area contributed by atoms with Crippen LogP contribution in [-0.4, -0.2) is 0 Å². The second kappa shape index (κ2) is 5.88. The van der Waals surface area contributed by atoms with E-state index in [4.69, 9.17) is 5.73 Å². The Hall–Kier alpha value is -0.820. The highest BCUT2D eigenvalue weighted by Crippen LogP contribution is 2.39. The van der Waals surface area contributed by atoms with Gasteiger partial charge in [-0.15, -0.1) is 0 Å². The molecule has 1 aromatic carbocycles. The summed E-state index contributed by atoms with van der Waals surface area (Å²) in [5.41, 5.74) is 10.6. The zero-order valence-corrected chi connectivity index (χ0v) is 12.1. The minimum Gasteiger partial charge on any atom is -0.324 e. The molecule has 0 aliphatic heterocycles. The molecule has 2 rings (SSSR count). The van der Waals surface area contributed by atoms with Crippen molar-refractivity contribution in [1.82, 2.24) is 0 Å². The standard InChI is InChI=1S/C17H27N/c1-4-14-7-5-6-8-16(14)17(18)15-10-9-12(2)11-13(15)3/h9-11,14,16-17H,4-8,18H2,1-3H3. The van der Waals surface area contributed by atoms with Gasteiger partial charge in [0.05, 0.1) is 0 Å². The van der Waals surface area contributed by atoms with Crippen LogP contribution >= 0.6 is 0 Å². The fraction of sp³-hybridized carbons (Fsp3) is 0.647. The summed E-state index contributed by atoms with van der Waals surface area (Å²) in [6, 6.07) is 6.94. The average molecular weight is 245 g/mol. The van der Waals surface area contributed by atoms with Gasteiger partial charge in [0, 0.05) is 6.04 Å². The molecule has 1 aliphatic carbocycles. The molecule has 1 saturated carbocycles. The summed E-state index contributed by atoms with van der Waals surface area (Å²) in [7, 11) is 0. The Kier molecular flexibility index (Phi) is 4.45. The Bertz CT molecular complexity index is 397. The maximum absolute atomic E-state index is 6.59. The summed E-state index contributed by atoms with van der Waals surface area (Å²) >= 11 is 0. The van der Waals surface area contributed by atoms with E-state index in [1.165, 1.54) is 48.8 Å². The molecule has 3 atom stereocenters. The van der Waals surface area contributed by atoms with Gasteiger partial charge >= 0.3 is 0 Å². The van der Waals surface area contributed by atoms with Gasteiger partial charge in [-0.1, -0.05) is 56.4 Å². The Balaban J connectivity index is 2.20. The van der Waals surface area contributed by atoms with E-state index in [0.29, 0.717) is 5.92 Å². The van der Waals surface area contributed by atoms with Crippen LogP contribution in [0.2, 0.25) is 0 Å². The van der Waals surface area contributed by atoms with Crippen LogP contribution < -0.4 is 5.73 Å². The van der Waals surface area contributed by atoms with Crippen molar-refractivity contribution in [3.05, 3.63) is 34.9 Å². The highest BCUT2D eigenvalue weighted by atomic mass is 14.7. The molecule has 0 bridgehead atoms. The van der Waals surface area contributed by atoms with Crippen molar-refractivity contribution in [1.29, 1.82) is 0 Å². The Labute approximate surface area is 112 Å². The van der Waals surface area contributed by atoms with Gasteiger partial charge in [0.1, 0.15) is 0 Å². The van der Waals surface area contributed by atoms with E-state index in [0.717, 1.165) is 5.92 Å². The zero-order chi connectivity index (χ0) is 13.1. The molecule has 0 saturated heterocycles. The summed E-state index contributed by atoms with van der Waals surface area (Å²) in [6.07, 6.45) is 6.73. The fourth-order valence-electron chi connectivity index (χ4n) is 3.65. The van der Waals surface area contributed by atoms with Crippen LogP contribution in [0.1, 0.15) is 61.8 Å². The molecule has 1 aliphatic rings. The predicted octanol–water partition coefficient (Wildman–Crippen LogP) is 4.52. The van der Waals surface area contributed by atoms with E-state index < -0.39 is 0 Å². The van der Waals surface area contributed by atoms with E-state index in [1.54, 1.807) is 0 Å². The van der Waals surface area contributed by atoms with E-state index in [1.807, 2.05) is 0 Å². The molecule has 3 unspecified atom stereocenters. The molecule has 0 spiro atoms. The van der Waals surface area contributed by atoms with Crippen molar-refractivity contribution in [2.24, 2.45) is 17.6 Å². The summed E-state index contributed by atoms with van der Waals surface area (Å²) in [5.74, 6) is 1.51. The monoisotopic (exact) mass is 245 g/mol. The van der Waals surface area contributed by atoms with Crippen molar-refractivity contribution in [3.8, 4) is 0 Å². The highest BCUT2D eigenvalue weighted by molar-refractivity contribution is 5.33. The summed E-state index contributed by atoms with van der Waals surface area (Å²) < 4.78 is 0. The van der Waals surface area contributed by atoms with E-state index in [-0.39, 0.29) is 6.04 Å². The summed E-state index contributed by atoms with van der Waals surface area (Å²) in [5, 5.41) is 0. The van der Waals surface area contributed by atoms with Gasteiger partial charge in [0.15, 0.2) is 0 Å². The Morgan fingerprint density at radius 3 is 2.61 bits per heavy atom. The molecule has 1 nitrogen and oxygen atoms in total. The minimum atomic E-state index is 0.232. The van der Waals surface area contributed by atoms with Gasteiger partial charge in [-0.25, -0.2) is 0 Å². The third-order valence-corrected chi connectivity index (χ3v) is 4.74. The second-order valence-corrected chi connectivity index (χ2v) is 6.00. The van der Waals surface area contributed by atoms with E-state index in [2.05, 4.69) is 39.0 Å². The number of aryl methyl sites for hydroxylation is 2. The normalized spacial score (nSPS) is 26.0. The highest BCUT2D eigenvalue weighted by Gasteiger charge is 2.30. The number of nitrogens with two attached hydrogens (primary N) is 1. The first-order chi connectivity index (χ1) is 8.63. The predicted molar refractivity (Wildman–Crippen MR) is 78.6 cm³/mol. The van der Waals surface area contributed by atoms with Gasteiger partial charge in [-0.2, -0.15) is 0 Å². The van der Waals surface area contributed by atoms with Crippen LogP contribution in [-0.2, 0) is 0 Å². The molecule has 0 amide bonds. The lowest BCUT2D eigenvalue weighted by molar-refractivity contribution is 0.196. The lowest BCUT2D eigenvalue weighted by Gasteiger charge is -2.36. The lowest BCUT2D eigenvalue weighted by Crippen LogP contribution is -2.30. The molecule has 0 heterocycles. The smallest absolute Gasteiger partial charge is 0.0328 e. The molecule has 0 radical (unpaired) electrons. The van der Waals surface area contributed by atoms with E-state index in [9.17, 15) is 0 Å². The third-order valence-electron chi connectivity index (χ3n) is 4.74. The first-order valence-electron chi connectivity index (χ1n) is 7.46. The molecule has 1 aromatic rings. The summed E-state index contributed by atoms with van der Waals surface area (Å²) in [4.78, 5) is 0. The van der Waals surface area contributed by atoms with Crippen LogP contribution in [0.4, 0.5) is 0 Å². The number of rotatable bonds is 3. The molecule has 18 heavy (non-hydrogen) atoms. The maximum Gasteiger partial charge on any atom is 0.0328 e. The van der Waals surface area contributed by atoms with Crippen molar-refractivity contribution in [2.45, 2.75) is 58.9 Å². The van der Waals surface area contributed by atoms with Gasteiger partial charge in [-0.3, -0.25) is 0 Å². The second-order valence-electron chi connectivity index (χ2n) is 6.00. The third kappa shape index (κ3) is 2.77. The topological polar surface area (TPSA) is 26.0 Å². The molecular formula is C17H27N. The van der Waals surface area contributed by atoms with Crippen molar-refractivity contribution in [3.63, 3.8) is 0 Å². The van der Waals surface area contributed by atoms with Gasteiger partial charge in [-0.05, 0) is 43.2 Å². The van der Waals surface area contributed by atoms with Gasteiger partial charge in [0.25, 0.3) is 0 Å². The first-order valence-corrected chi connectivity index (χ1v) is 7.46. The number of hydrogen-bond donors (Lipinski definition) is 1. The van der Waals surface area contributed by atoms with Crippen LogP contribution in [0.25, 0.3) is 0 Å². The van der Waals surface area contributed by atoms with Crippen LogP contribution in [0.5, 0.6) is 0 Å². The number of benzene rings is 1. The molecule has 100 valence electrons. The first kappa shape index (κ1) is 13.6. The van der Waals surface area contributed by atoms with Crippen molar-refractivity contribution >= 4 is 0 Å². The van der Waals surface area contributed by atoms with Crippen LogP contribution in [0.15, 0.2) is 18.2 Å². The van der Waals surface area contributed by atoms with Crippen molar-refractivity contribution < 1.29 is 0 Å². The fourth-order valence-corrected chi connectivity index (χ4v) is 3.65. The zero-order valence-electron chi connectivity index (χ0n) is 12.1. The van der Waals surface area contributed by atoms with Crippen LogP contribution in [0, 0.1) is 25.7 Å². The minimum absolute atomic E-state index is 0.232. The largest absolute Gasteiger partial charge is 0.324 e. The molecule has 1 heteroatoms. The SMILES string of the molecule is CCC1CCCCC1C(N)c1ccc(C)cc1C. The van der Waals surface area contributed by atoms with Crippen molar-refractivity contribution in [2.75, 3.05) is 0 Å². The molecule has 1 fully saturated rings. The Morgan fingerprint density at radius 2 is 1.94 bits per heavy atom. The molecular weight excluding hydrogens is 218 g/mol. The summed E-state index contributed by atoms with van der Waals surface area (Å²) in [6.45, 7) is 6.67. The molecule has 0 aromatic heterocycles. The lowest BCUT2D eigenvalue weighted by atomic mass is 9.72. The Morgan fingerprint density at radius 1 is 1.22 bits per heavy atom. The molecule has 2 N–H and O–H groups in total. The quantitative estimate of drug-likeness (QED) is 0.832. The van der Waals surface area contributed by atoms with Gasteiger partial charge < -0.3 is 5.73 Å². The van der Waals surface area contributed by atoms with Gasteiger partial charge in [0.2, 0.25) is 0 Å². The maximum atomic E-state index is 6.59. The van der Waals surface area contributed by atoms with Crippen LogP contribution in [0.3, 0.4) is 0 Å². The van der Waals surface area contributed by atoms with E-state index >= 15 is 0 Å². The average Bonchev–Trinajstić information content (AvgIpc) is 2.38.